The molecule has 0 spiro atoms. The van der Waals surface area contributed by atoms with Crippen LogP contribution >= 0.6 is 0 Å². The molecule has 106 valence electrons. The summed E-state index contributed by atoms with van der Waals surface area (Å²) in [6.07, 6.45) is 1.45. The van der Waals surface area contributed by atoms with Crippen molar-refractivity contribution in [2.75, 3.05) is 4.72 Å². The fourth-order valence-corrected chi connectivity index (χ4v) is 3.15. The van der Waals surface area contributed by atoms with Gasteiger partial charge >= 0.3 is 0 Å². The summed E-state index contributed by atoms with van der Waals surface area (Å²) in [4.78, 5) is 4.24. The summed E-state index contributed by atoms with van der Waals surface area (Å²) in [6.45, 7) is 0. The van der Waals surface area contributed by atoms with E-state index >= 15 is 0 Å². The summed E-state index contributed by atoms with van der Waals surface area (Å²) < 4.78 is 27.2. The molecule has 0 radical (unpaired) electrons. The highest BCUT2D eigenvalue weighted by Crippen LogP contribution is 2.29. The molecule has 2 N–H and O–H groups in total. The SMILES string of the molecule is O=S(=O)(Nc1ccnc2c(O)cccc12)c1ccccc1. The molecule has 3 rings (SSSR count). The number of rotatable bonds is 3. The number of anilines is 1. The van der Waals surface area contributed by atoms with Crippen molar-refractivity contribution in [3.05, 3.63) is 60.8 Å². The molecular weight excluding hydrogens is 288 g/mol. The monoisotopic (exact) mass is 300 g/mol. The van der Waals surface area contributed by atoms with Gasteiger partial charge in [0.25, 0.3) is 10.0 Å². The van der Waals surface area contributed by atoms with E-state index in [1.807, 2.05) is 0 Å². The molecule has 0 aliphatic rings. The Labute approximate surface area is 121 Å². The number of phenols is 1. The lowest BCUT2D eigenvalue weighted by Crippen LogP contribution is -2.13. The van der Waals surface area contributed by atoms with Gasteiger partial charge in [0, 0.05) is 11.6 Å². The molecule has 1 aromatic heterocycles. The van der Waals surface area contributed by atoms with Crippen LogP contribution in [0, 0.1) is 0 Å². The second kappa shape index (κ2) is 5.06. The Bertz CT molecular complexity index is 893. The average molecular weight is 300 g/mol. The third-order valence-corrected chi connectivity index (χ3v) is 4.43. The number of benzene rings is 2. The number of phenolic OH excluding ortho intramolecular Hbond substituents is 1. The number of nitrogens with zero attached hydrogens (tertiary/aromatic N) is 1. The molecule has 5 nitrogen and oxygen atoms in total. The van der Waals surface area contributed by atoms with E-state index < -0.39 is 10.0 Å². The van der Waals surface area contributed by atoms with Crippen LogP contribution in [0.5, 0.6) is 5.75 Å². The predicted molar refractivity (Wildman–Crippen MR) is 80.7 cm³/mol. The van der Waals surface area contributed by atoms with Crippen LogP contribution in [0.2, 0.25) is 0 Å². The Morgan fingerprint density at radius 3 is 2.48 bits per heavy atom. The van der Waals surface area contributed by atoms with Crippen LogP contribution in [0.25, 0.3) is 10.9 Å². The van der Waals surface area contributed by atoms with Gasteiger partial charge < -0.3 is 5.11 Å². The van der Waals surface area contributed by atoms with E-state index in [0.717, 1.165) is 0 Å². The molecule has 3 aromatic rings. The van der Waals surface area contributed by atoms with E-state index in [2.05, 4.69) is 9.71 Å². The van der Waals surface area contributed by atoms with Crippen molar-refractivity contribution in [1.82, 2.24) is 4.98 Å². The first kappa shape index (κ1) is 13.4. The van der Waals surface area contributed by atoms with Gasteiger partial charge in [-0.3, -0.25) is 9.71 Å². The van der Waals surface area contributed by atoms with Gasteiger partial charge in [-0.1, -0.05) is 30.3 Å². The molecule has 0 aliphatic carbocycles. The van der Waals surface area contributed by atoms with E-state index in [-0.39, 0.29) is 10.6 Å². The molecule has 0 unspecified atom stereocenters. The minimum absolute atomic E-state index is 0.00765. The van der Waals surface area contributed by atoms with Crippen LogP contribution in [-0.2, 0) is 10.0 Å². The smallest absolute Gasteiger partial charge is 0.261 e. The van der Waals surface area contributed by atoms with Gasteiger partial charge in [0.15, 0.2) is 0 Å². The van der Waals surface area contributed by atoms with Gasteiger partial charge in [0.1, 0.15) is 11.3 Å². The summed E-state index contributed by atoms with van der Waals surface area (Å²) in [5, 5.41) is 10.3. The number of hydrogen-bond acceptors (Lipinski definition) is 4. The molecular formula is C15H12N2O3S. The highest BCUT2D eigenvalue weighted by molar-refractivity contribution is 7.92. The summed E-state index contributed by atoms with van der Waals surface area (Å²) in [6, 6.07) is 14.5. The average Bonchev–Trinajstić information content (AvgIpc) is 2.49. The first-order valence-corrected chi connectivity index (χ1v) is 7.71. The second-order valence-electron chi connectivity index (χ2n) is 4.45. The maximum atomic E-state index is 12.3. The topological polar surface area (TPSA) is 79.3 Å². The highest BCUT2D eigenvalue weighted by atomic mass is 32.2. The lowest BCUT2D eigenvalue weighted by Gasteiger charge is -2.10. The second-order valence-corrected chi connectivity index (χ2v) is 6.13. The minimum atomic E-state index is -3.68. The van der Waals surface area contributed by atoms with E-state index in [1.54, 1.807) is 36.4 Å². The molecule has 0 amide bonds. The molecule has 0 fully saturated rings. The predicted octanol–water partition coefficient (Wildman–Crippen LogP) is 2.74. The number of fused-ring (bicyclic) bond motifs is 1. The maximum Gasteiger partial charge on any atom is 0.261 e. The minimum Gasteiger partial charge on any atom is -0.506 e. The largest absolute Gasteiger partial charge is 0.506 e. The van der Waals surface area contributed by atoms with Gasteiger partial charge in [-0.15, -0.1) is 0 Å². The van der Waals surface area contributed by atoms with Gasteiger partial charge in [-0.25, -0.2) is 8.42 Å². The fraction of sp³-hybridized carbons (Fsp3) is 0. The molecule has 6 heteroatoms. The zero-order valence-corrected chi connectivity index (χ0v) is 11.7. The molecule has 0 saturated heterocycles. The number of para-hydroxylation sites is 1. The van der Waals surface area contributed by atoms with E-state index in [0.29, 0.717) is 16.6 Å². The standard InChI is InChI=1S/C15H12N2O3S/c18-14-8-4-7-12-13(9-10-16-15(12)14)17-21(19,20)11-5-2-1-3-6-11/h1-10,18H,(H,16,17). The summed E-state index contributed by atoms with van der Waals surface area (Å²) in [7, 11) is -3.68. The Morgan fingerprint density at radius 2 is 1.71 bits per heavy atom. The van der Waals surface area contributed by atoms with Crippen LogP contribution in [0.1, 0.15) is 0 Å². The summed E-state index contributed by atoms with van der Waals surface area (Å²) in [5.74, 6) is 0.00765. The Kier molecular flexibility index (Phi) is 3.23. The zero-order chi connectivity index (χ0) is 14.9. The van der Waals surface area contributed by atoms with Gasteiger partial charge in [-0.05, 0) is 24.3 Å². The number of aromatic hydroxyl groups is 1. The lowest BCUT2D eigenvalue weighted by atomic mass is 10.2. The van der Waals surface area contributed by atoms with Gasteiger partial charge in [-0.2, -0.15) is 0 Å². The highest BCUT2D eigenvalue weighted by Gasteiger charge is 2.15. The first-order valence-electron chi connectivity index (χ1n) is 6.22. The van der Waals surface area contributed by atoms with Crippen molar-refractivity contribution in [3.63, 3.8) is 0 Å². The van der Waals surface area contributed by atoms with Crippen molar-refractivity contribution in [2.24, 2.45) is 0 Å². The van der Waals surface area contributed by atoms with Gasteiger partial charge in [0.05, 0.1) is 10.6 Å². The number of sulfonamides is 1. The van der Waals surface area contributed by atoms with Crippen LogP contribution in [0.3, 0.4) is 0 Å². The molecule has 0 aliphatic heterocycles. The van der Waals surface area contributed by atoms with Crippen LogP contribution < -0.4 is 4.72 Å². The fourth-order valence-electron chi connectivity index (χ4n) is 2.05. The van der Waals surface area contributed by atoms with Gasteiger partial charge in [0.2, 0.25) is 0 Å². The summed E-state index contributed by atoms with van der Waals surface area (Å²) in [5.41, 5.74) is 0.727. The Balaban J connectivity index is 2.09. The molecule has 0 bridgehead atoms. The molecule has 0 saturated carbocycles. The third kappa shape index (κ3) is 2.53. The van der Waals surface area contributed by atoms with E-state index in [9.17, 15) is 13.5 Å². The molecule has 2 aromatic carbocycles. The van der Waals surface area contributed by atoms with Crippen LogP contribution in [-0.4, -0.2) is 18.5 Å². The van der Waals surface area contributed by atoms with Crippen molar-refractivity contribution in [3.8, 4) is 5.75 Å². The number of nitrogens with one attached hydrogen (secondary N) is 1. The van der Waals surface area contributed by atoms with Crippen molar-refractivity contribution in [1.29, 1.82) is 0 Å². The summed E-state index contributed by atoms with van der Waals surface area (Å²) >= 11 is 0. The van der Waals surface area contributed by atoms with Crippen molar-refractivity contribution in [2.45, 2.75) is 4.90 Å². The molecule has 0 atom stereocenters. The third-order valence-electron chi connectivity index (χ3n) is 3.05. The van der Waals surface area contributed by atoms with Crippen molar-refractivity contribution >= 4 is 26.6 Å². The number of hydrogen-bond donors (Lipinski definition) is 2. The molecule has 1 heterocycles. The normalized spacial score (nSPS) is 11.4. The van der Waals surface area contributed by atoms with E-state index in [4.69, 9.17) is 0 Å². The van der Waals surface area contributed by atoms with Crippen LogP contribution in [0.4, 0.5) is 5.69 Å². The van der Waals surface area contributed by atoms with E-state index in [1.165, 1.54) is 24.4 Å². The maximum absolute atomic E-state index is 12.3. The quantitative estimate of drug-likeness (QED) is 0.779. The Hall–Kier alpha value is -2.60. The van der Waals surface area contributed by atoms with Crippen molar-refractivity contribution < 1.29 is 13.5 Å². The number of aromatic nitrogens is 1. The van der Waals surface area contributed by atoms with Crippen LogP contribution in [0.15, 0.2) is 65.7 Å². The first-order chi connectivity index (χ1) is 10.1. The number of pyridine rings is 1. The lowest BCUT2D eigenvalue weighted by molar-refractivity contribution is 0.480. The zero-order valence-electron chi connectivity index (χ0n) is 10.9. The molecule has 21 heavy (non-hydrogen) atoms. The Morgan fingerprint density at radius 1 is 0.952 bits per heavy atom.